The molecule has 0 radical (unpaired) electrons. The van der Waals surface area contributed by atoms with E-state index in [9.17, 15) is 0 Å². The lowest BCUT2D eigenvalue weighted by Gasteiger charge is -2.09. The van der Waals surface area contributed by atoms with E-state index in [-0.39, 0.29) is 12.4 Å². The quantitative estimate of drug-likeness (QED) is 0.880. The Hall–Kier alpha value is -1.00. The first-order valence-corrected chi connectivity index (χ1v) is 6.00. The summed E-state index contributed by atoms with van der Waals surface area (Å²) in [4.78, 5) is 4.36. The van der Waals surface area contributed by atoms with Gasteiger partial charge in [0.1, 0.15) is 0 Å². The second-order valence-electron chi connectivity index (χ2n) is 3.56. The number of hydrogen-bond acceptors (Lipinski definition) is 3. The van der Waals surface area contributed by atoms with Crippen molar-refractivity contribution in [2.24, 2.45) is 5.73 Å². The van der Waals surface area contributed by atoms with Crippen molar-refractivity contribution in [1.29, 1.82) is 0 Å². The maximum Gasteiger partial charge on any atom is 0.0785 e. The van der Waals surface area contributed by atoms with E-state index in [0.29, 0.717) is 11.6 Å². The number of hydrogen-bond donors (Lipinski definition) is 1. The average molecular weight is 299 g/mol. The second-order valence-corrected chi connectivity index (χ2v) is 4.24. The van der Waals surface area contributed by atoms with Crippen LogP contribution in [0.15, 0.2) is 36.5 Å². The van der Waals surface area contributed by atoms with Crippen molar-refractivity contribution in [3.63, 3.8) is 0 Å². The summed E-state index contributed by atoms with van der Waals surface area (Å²) in [5.41, 5.74) is 9.44. The smallest absolute Gasteiger partial charge is 0.0785 e. The van der Waals surface area contributed by atoms with Gasteiger partial charge in [-0.05, 0) is 23.8 Å². The fourth-order valence-corrected chi connectivity index (χ4v) is 2.08. The molecule has 1 heterocycles. The molecule has 0 bridgehead atoms. The van der Waals surface area contributed by atoms with Gasteiger partial charge in [0, 0.05) is 34.3 Å². The molecule has 1 aromatic heterocycles. The molecule has 94 valence electrons. The van der Waals surface area contributed by atoms with E-state index in [1.807, 2.05) is 30.3 Å². The minimum absolute atomic E-state index is 0. The molecule has 0 fully saturated rings. The van der Waals surface area contributed by atoms with Crippen molar-refractivity contribution in [2.45, 2.75) is 6.54 Å². The third-order valence-corrected chi connectivity index (χ3v) is 3.00. The number of nitrogens with two attached hydrogens (primary N) is 1. The summed E-state index contributed by atoms with van der Waals surface area (Å²) in [7, 11) is 0. The van der Waals surface area contributed by atoms with E-state index in [4.69, 9.17) is 29.6 Å². The number of benzene rings is 1. The van der Waals surface area contributed by atoms with Crippen LogP contribution in [0.3, 0.4) is 0 Å². The van der Waals surface area contributed by atoms with Crippen LogP contribution in [0.25, 0.3) is 11.3 Å². The predicted octanol–water partition coefficient (Wildman–Crippen LogP) is 3.63. The molecule has 0 saturated heterocycles. The van der Waals surface area contributed by atoms with E-state index < -0.39 is 0 Å². The van der Waals surface area contributed by atoms with Crippen LogP contribution in [-0.2, 0) is 6.54 Å². The van der Waals surface area contributed by atoms with Crippen LogP contribution >= 0.6 is 36.2 Å². The van der Waals surface area contributed by atoms with Crippen LogP contribution in [0, 0.1) is 0 Å². The Labute approximate surface area is 123 Å². The summed E-state index contributed by atoms with van der Waals surface area (Å²) >= 11 is 10.9. The highest BCUT2D eigenvalue weighted by molar-refractivity contribution is 7.79. The van der Waals surface area contributed by atoms with Gasteiger partial charge in [0.15, 0.2) is 0 Å². The highest BCUT2D eigenvalue weighted by Crippen LogP contribution is 2.26. The van der Waals surface area contributed by atoms with Crippen LogP contribution in [0.4, 0.5) is 0 Å². The van der Waals surface area contributed by atoms with Crippen LogP contribution in [0.1, 0.15) is 11.1 Å². The maximum absolute atomic E-state index is 5.95. The zero-order chi connectivity index (χ0) is 12.3. The lowest BCUT2D eigenvalue weighted by molar-refractivity contribution is 1.07. The monoisotopic (exact) mass is 298 g/mol. The largest absolute Gasteiger partial charge is 0.326 e. The number of nitrogens with zero attached hydrogens (tertiary/aromatic N) is 1. The van der Waals surface area contributed by atoms with Gasteiger partial charge in [-0.25, -0.2) is 0 Å². The summed E-state index contributed by atoms with van der Waals surface area (Å²) in [5.74, 6) is 0. The predicted molar refractivity (Wildman–Crippen MR) is 82.6 cm³/mol. The number of aromatic nitrogens is 1. The summed E-state index contributed by atoms with van der Waals surface area (Å²) in [6.45, 7) is 0.420. The molecule has 18 heavy (non-hydrogen) atoms. The highest BCUT2D eigenvalue weighted by Gasteiger charge is 2.09. The zero-order valence-corrected chi connectivity index (χ0v) is 11.9. The average Bonchev–Trinajstić information content (AvgIpc) is 2.38. The standard InChI is InChI=1S/C13H11ClN2S.ClH/c14-11-3-4-12(10(6-11)7-15)13-9(8-17)2-1-5-16-13;/h1-6,8H,7,15H2;1H. The van der Waals surface area contributed by atoms with E-state index in [1.165, 1.54) is 0 Å². The SMILES string of the molecule is Cl.NCc1cc(Cl)ccc1-c1ncccc1C=S. The molecule has 0 aliphatic heterocycles. The van der Waals surface area contributed by atoms with Gasteiger partial charge in [-0.3, -0.25) is 4.98 Å². The Balaban J connectivity index is 0.00000162. The van der Waals surface area contributed by atoms with Crippen molar-refractivity contribution in [3.8, 4) is 11.3 Å². The summed E-state index contributed by atoms with van der Waals surface area (Å²) in [5, 5.41) is 2.30. The summed E-state index contributed by atoms with van der Waals surface area (Å²) < 4.78 is 0. The highest BCUT2D eigenvalue weighted by atomic mass is 35.5. The van der Waals surface area contributed by atoms with E-state index in [2.05, 4.69) is 4.98 Å². The molecule has 1 aromatic carbocycles. The Morgan fingerprint density at radius 2 is 2.11 bits per heavy atom. The van der Waals surface area contributed by atoms with Crippen molar-refractivity contribution >= 4 is 41.6 Å². The van der Waals surface area contributed by atoms with Crippen LogP contribution < -0.4 is 5.73 Å². The molecule has 2 N–H and O–H groups in total. The molecule has 0 aliphatic rings. The van der Waals surface area contributed by atoms with Crippen molar-refractivity contribution in [1.82, 2.24) is 4.98 Å². The van der Waals surface area contributed by atoms with E-state index >= 15 is 0 Å². The van der Waals surface area contributed by atoms with Crippen molar-refractivity contribution < 1.29 is 0 Å². The van der Waals surface area contributed by atoms with Gasteiger partial charge in [-0.1, -0.05) is 36.0 Å². The van der Waals surface area contributed by atoms with Gasteiger partial charge >= 0.3 is 0 Å². The third kappa shape index (κ3) is 3.06. The number of halogens is 2. The number of rotatable bonds is 3. The van der Waals surface area contributed by atoms with Crippen molar-refractivity contribution in [3.05, 3.63) is 52.7 Å². The van der Waals surface area contributed by atoms with Crippen LogP contribution in [0.5, 0.6) is 0 Å². The Morgan fingerprint density at radius 3 is 2.78 bits per heavy atom. The van der Waals surface area contributed by atoms with E-state index in [0.717, 1.165) is 22.4 Å². The lowest BCUT2D eigenvalue weighted by Crippen LogP contribution is -2.01. The topological polar surface area (TPSA) is 38.9 Å². The van der Waals surface area contributed by atoms with E-state index in [1.54, 1.807) is 11.6 Å². The molecular weight excluding hydrogens is 287 g/mol. The van der Waals surface area contributed by atoms with Gasteiger partial charge in [0.2, 0.25) is 0 Å². The molecule has 0 atom stereocenters. The fraction of sp³-hybridized carbons (Fsp3) is 0.0769. The molecule has 2 nitrogen and oxygen atoms in total. The number of thiocarbonyl (C=S) groups is 1. The third-order valence-electron chi connectivity index (χ3n) is 2.51. The summed E-state index contributed by atoms with van der Waals surface area (Å²) in [6, 6.07) is 9.41. The molecule has 0 saturated carbocycles. The molecule has 0 aliphatic carbocycles. The molecule has 0 spiro atoms. The second kappa shape index (κ2) is 6.81. The first-order valence-electron chi connectivity index (χ1n) is 5.15. The van der Waals surface area contributed by atoms with Crippen LogP contribution in [-0.4, -0.2) is 10.4 Å². The Kier molecular flexibility index (Phi) is 5.69. The lowest BCUT2D eigenvalue weighted by atomic mass is 10.0. The fourth-order valence-electron chi connectivity index (χ4n) is 1.70. The Morgan fingerprint density at radius 1 is 1.33 bits per heavy atom. The van der Waals surface area contributed by atoms with Crippen molar-refractivity contribution in [2.75, 3.05) is 0 Å². The normalized spacial score (nSPS) is 9.67. The first kappa shape index (κ1) is 15.1. The van der Waals surface area contributed by atoms with Gasteiger partial charge < -0.3 is 5.73 Å². The molecule has 5 heteroatoms. The molecule has 2 aromatic rings. The van der Waals surface area contributed by atoms with Gasteiger partial charge in [-0.15, -0.1) is 12.4 Å². The van der Waals surface area contributed by atoms with Gasteiger partial charge in [0.25, 0.3) is 0 Å². The molecule has 0 amide bonds. The van der Waals surface area contributed by atoms with Gasteiger partial charge in [0.05, 0.1) is 5.69 Å². The zero-order valence-electron chi connectivity index (χ0n) is 9.47. The Bertz CT molecular complexity index is 558. The molecule has 2 rings (SSSR count). The minimum Gasteiger partial charge on any atom is -0.326 e. The minimum atomic E-state index is 0. The first-order chi connectivity index (χ1) is 8.26. The maximum atomic E-state index is 5.95. The molecular formula is C13H12Cl2N2S. The molecule has 0 unspecified atom stereocenters. The van der Waals surface area contributed by atoms with Gasteiger partial charge in [-0.2, -0.15) is 0 Å². The number of pyridine rings is 1. The summed E-state index contributed by atoms with van der Waals surface area (Å²) in [6.07, 6.45) is 1.74. The van der Waals surface area contributed by atoms with Crippen LogP contribution in [0.2, 0.25) is 5.02 Å².